The number of halogens is 2. The maximum Gasteiger partial charge on any atom is 0.335 e. The molecule has 2 aliphatic heterocycles. The van der Waals surface area contributed by atoms with Gasteiger partial charge < -0.3 is 15.2 Å². The number of ether oxygens (including phenoxy) is 1. The lowest BCUT2D eigenvalue weighted by atomic mass is 9.88. The predicted octanol–water partition coefficient (Wildman–Crippen LogP) is 5.83. The normalized spacial score (nSPS) is 24.0. The van der Waals surface area contributed by atoms with Gasteiger partial charge in [0.2, 0.25) is 0 Å². The molecule has 1 saturated carbocycles. The Hall–Kier alpha value is -2.51. The summed E-state index contributed by atoms with van der Waals surface area (Å²) in [6.07, 6.45) is 3.80. The fourth-order valence-electron chi connectivity index (χ4n) is 5.69. The van der Waals surface area contributed by atoms with Crippen molar-refractivity contribution in [2.24, 2.45) is 0 Å². The zero-order chi connectivity index (χ0) is 24.0. The summed E-state index contributed by atoms with van der Waals surface area (Å²) in [5.41, 5.74) is 4.76. The number of likely N-dealkylation sites (tertiary alicyclic amines) is 1. The van der Waals surface area contributed by atoms with Crippen LogP contribution in [0.25, 0.3) is 0 Å². The van der Waals surface area contributed by atoms with Crippen molar-refractivity contribution in [1.82, 2.24) is 4.90 Å². The molecule has 2 N–H and O–H groups in total. The van der Waals surface area contributed by atoms with Crippen LogP contribution in [0.2, 0.25) is 0 Å². The van der Waals surface area contributed by atoms with E-state index in [1.165, 1.54) is 0 Å². The van der Waals surface area contributed by atoms with E-state index in [1.54, 1.807) is 12.1 Å². The van der Waals surface area contributed by atoms with Gasteiger partial charge in [-0.15, -0.1) is 0 Å². The molecule has 2 fully saturated rings. The number of fused-ring (bicyclic) bond motifs is 1. The van der Waals surface area contributed by atoms with Crippen LogP contribution in [0.15, 0.2) is 30.3 Å². The van der Waals surface area contributed by atoms with Crippen molar-refractivity contribution in [2.75, 3.05) is 25.0 Å². The number of carbonyl (C=O) groups is 1. The molecule has 2 aromatic carbocycles. The Balaban J connectivity index is 1.52. The van der Waals surface area contributed by atoms with E-state index in [-0.39, 0.29) is 29.8 Å². The third-order valence-electron chi connectivity index (χ3n) is 7.51. The molecule has 5 rings (SSSR count). The van der Waals surface area contributed by atoms with Crippen molar-refractivity contribution in [1.29, 1.82) is 0 Å². The first-order valence-corrected chi connectivity index (χ1v) is 12.3. The van der Waals surface area contributed by atoms with Crippen LogP contribution in [0.4, 0.5) is 14.5 Å². The first kappa shape index (κ1) is 23.2. The second kappa shape index (κ2) is 8.93. The number of aromatic carboxylic acids is 1. The molecule has 0 aromatic heterocycles. The predicted molar refractivity (Wildman–Crippen MR) is 127 cm³/mol. The highest BCUT2D eigenvalue weighted by molar-refractivity contribution is 5.87. The summed E-state index contributed by atoms with van der Waals surface area (Å²) >= 11 is 0. The minimum Gasteiger partial charge on any atom is -0.478 e. The van der Waals surface area contributed by atoms with Gasteiger partial charge in [-0.2, -0.15) is 8.78 Å². The number of hydrogen-bond donors (Lipinski definition) is 2. The molecule has 1 aliphatic carbocycles. The second-order valence-corrected chi connectivity index (χ2v) is 9.86. The smallest absolute Gasteiger partial charge is 0.335 e. The van der Waals surface area contributed by atoms with Gasteiger partial charge in [0.25, 0.3) is 5.92 Å². The maximum absolute atomic E-state index is 15.1. The fraction of sp³-hybridized carbons (Fsp3) is 0.519. The molecule has 3 aliphatic rings. The Bertz CT molecular complexity index is 1080. The topological polar surface area (TPSA) is 61.8 Å². The largest absolute Gasteiger partial charge is 0.478 e. The van der Waals surface area contributed by atoms with Crippen molar-refractivity contribution in [3.8, 4) is 0 Å². The number of hydrogen-bond acceptors (Lipinski definition) is 4. The van der Waals surface area contributed by atoms with Crippen LogP contribution in [0.1, 0.15) is 82.7 Å². The van der Waals surface area contributed by atoms with Crippen LogP contribution in [-0.2, 0) is 17.2 Å². The summed E-state index contributed by atoms with van der Waals surface area (Å²) in [6, 6.07) is 9.04. The number of rotatable bonds is 7. The zero-order valence-corrected chi connectivity index (χ0v) is 19.7. The Labute approximate surface area is 199 Å². The molecule has 1 saturated heterocycles. The van der Waals surface area contributed by atoms with E-state index in [1.807, 2.05) is 26.0 Å². The van der Waals surface area contributed by atoms with Crippen molar-refractivity contribution >= 4 is 11.7 Å². The average Bonchev–Trinajstić information content (AvgIpc) is 3.60. The highest BCUT2D eigenvalue weighted by Crippen LogP contribution is 2.51. The fourth-order valence-corrected chi connectivity index (χ4v) is 5.69. The zero-order valence-electron chi connectivity index (χ0n) is 19.7. The van der Waals surface area contributed by atoms with E-state index < -0.39 is 11.9 Å². The minimum atomic E-state index is -2.89. The highest BCUT2D eigenvalue weighted by atomic mass is 19.3. The van der Waals surface area contributed by atoms with Gasteiger partial charge in [0.05, 0.1) is 23.8 Å². The SMILES string of the molecule is CCO[C@H]1CCN(Cc2c(C3CC3)cc(C)c3c2C(F)(F)CN3)[C@H](c2ccc(C(=O)O)cc2)C1. The van der Waals surface area contributed by atoms with Crippen LogP contribution in [0, 0.1) is 6.92 Å². The first-order valence-electron chi connectivity index (χ1n) is 12.3. The van der Waals surface area contributed by atoms with E-state index in [4.69, 9.17) is 4.74 Å². The molecule has 34 heavy (non-hydrogen) atoms. The monoisotopic (exact) mass is 470 g/mol. The molecular formula is C27H32F2N2O3. The van der Waals surface area contributed by atoms with Gasteiger partial charge in [-0.05, 0) is 79.8 Å². The summed E-state index contributed by atoms with van der Waals surface area (Å²) in [4.78, 5) is 13.6. The van der Waals surface area contributed by atoms with Crippen molar-refractivity contribution < 1.29 is 23.4 Å². The van der Waals surface area contributed by atoms with Crippen LogP contribution >= 0.6 is 0 Å². The van der Waals surface area contributed by atoms with Crippen LogP contribution in [0.3, 0.4) is 0 Å². The Morgan fingerprint density at radius 3 is 2.62 bits per heavy atom. The summed E-state index contributed by atoms with van der Waals surface area (Å²) in [5.74, 6) is -3.48. The molecule has 7 heteroatoms. The average molecular weight is 471 g/mol. The molecule has 2 heterocycles. The standard InChI is InChI=1S/C27H32F2N2O3/c1-3-34-20-10-11-31(23(13-20)18-6-8-19(9-7-18)26(32)33)14-22-21(17-4-5-17)12-16(2)25-24(22)27(28,29)15-30-25/h6-9,12,17,20,23,30H,3-5,10-11,13-15H2,1-2H3,(H,32,33)/t20-,23-/m0/s1. The first-order chi connectivity index (χ1) is 16.3. The van der Waals surface area contributed by atoms with Crippen molar-refractivity contribution in [3.05, 3.63) is 63.7 Å². The van der Waals surface area contributed by atoms with E-state index in [9.17, 15) is 9.90 Å². The molecular weight excluding hydrogens is 438 g/mol. The van der Waals surface area contributed by atoms with Gasteiger partial charge in [0.1, 0.15) is 0 Å². The summed E-state index contributed by atoms with van der Waals surface area (Å²) in [6.45, 7) is 5.37. The van der Waals surface area contributed by atoms with Crippen LogP contribution < -0.4 is 5.32 Å². The van der Waals surface area contributed by atoms with Gasteiger partial charge in [-0.3, -0.25) is 4.90 Å². The van der Waals surface area contributed by atoms with Crippen molar-refractivity contribution in [3.63, 3.8) is 0 Å². The van der Waals surface area contributed by atoms with Crippen LogP contribution in [-0.4, -0.2) is 41.8 Å². The summed E-state index contributed by atoms with van der Waals surface area (Å²) < 4.78 is 36.2. The molecule has 0 unspecified atom stereocenters. The number of aryl methyl sites for hydroxylation is 1. The summed E-state index contributed by atoms with van der Waals surface area (Å²) in [7, 11) is 0. The van der Waals surface area contributed by atoms with Crippen LogP contribution in [0.5, 0.6) is 0 Å². The lowest BCUT2D eigenvalue weighted by molar-refractivity contribution is -0.0155. The molecule has 182 valence electrons. The lowest BCUT2D eigenvalue weighted by Gasteiger charge is -2.40. The summed E-state index contributed by atoms with van der Waals surface area (Å²) in [5, 5.41) is 12.2. The number of carboxylic acids is 1. The number of piperidine rings is 1. The second-order valence-electron chi connectivity index (χ2n) is 9.86. The van der Waals surface area contributed by atoms with Gasteiger partial charge in [-0.1, -0.05) is 18.2 Å². The van der Waals surface area contributed by atoms with Gasteiger partial charge >= 0.3 is 5.97 Å². The molecule has 0 amide bonds. The third-order valence-corrected chi connectivity index (χ3v) is 7.51. The Morgan fingerprint density at radius 2 is 1.97 bits per heavy atom. The van der Waals surface area contributed by atoms with E-state index in [0.717, 1.165) is 54.5 Å². The number of carboxylic acid groups (broad SMARTS) is 1. The number of alkyl halides is 2. The number of benzene rings is 2. The quantitative estimate of drug-likeness (QED) is 0.533. The van der Waals surface area contributed by atoms with E-state index in [0.29, 0.717) is 24.8 Å². The van der Waals surface area contributed by atoms with E-state index >= 15 is 8.78 Å². The Morgan fingerprint density at radius 1 is 1.24 bits per heavy atom. The van der Waals surface area contributed by atoms with Crippen molar-refractivity contribution in [2.45, 2.75) is 70.1 Å². The number of nitrogens with zero attached hydrogens (tertiary/aromatic N) is 1. The van der Waals surface area contributed by atoms with Gasteiger partial charge in [0, 0.05) is 31.4 Å². The highest BCUT2D eigenvalue weighted by Gasteiger charge is 2.45. The minimum absolute atomic E-state index is 0.0277. The maximum atomic E-state index is 15.1. The molecule has 2 aromatic rings. The number of anilines is 1. The molecule has 0 radical (unpaired) electrons. The van der Waals surface area contributed by atoms with Gasteiger partial charge in [0.15, 0.2) is 0 Å². The lowest BCUT2D eigenvalue weighted by Crippen LogP contribution is -2.40. The number of nitrogens with one attached hydrogen (secondary N) is 1. The molecule has 0 spiro atoms. The van der Waals surface area contributed by atoms with E-state index in [2.05, 4.69) is 16.3 Å². The Kier molecular flexibility index (Phi) is 6.10. The molecule has 2 atom stereocenters. The third kappa shape index (κ3) is 4.31. The van der Waals surface area contributed by atoms with Gasteiger partial charge in [-0.25, -0.2) is 4.79 Å². The molecule has 0 bridgehead atoms. The molecule has 5 nitrogen and oxygen atoms in total.